The number of allylic oxidation sites excluding steroid dienone is 4. The number of amides is 2. The van der Waals surface area contributed by atoms with Gasteiger partial charge in [-0.1, -0.05) is 59.8 Å². The van der Waals surface area contributed by atoms with Crippen LogP contribution in [-0.4, -0.2) is 145 Å². The number of piperidine rings is 1. The zero-order valence-corrected chi connectivity index (χ0v) is 46.7. The third kappa shape index (κ3) is 12.9. The van der Waals surface area contributed by atoms with Crippen molar-refractivity contribution < 1.29 is 53.8 Å². The smallest absolute Gasteiger partial charge is 0.315 e. The van der Waals surface area contributed by atoms with Gasteiger partial charge >= 0.3 is 11.8 Å². The number of phenols is 2. The number of nitrogens with one attached hydrogen (secondary N) is 1. The van der Waals surface area contributed by atoms with Gasteiger partial charge in [-0.05, 0) is 56.4 Å². The molecule has 7 heterocycles. The molecule has 3 aromatic rings. The first-order valence-electron chi connectivity index (χ1n) is 26.7. The molecule has 2 aromatic carbocycles. The molecule has 1 spiro atoms. The summed E-state index contributed by atoms with van der Waals surface area (Å²) in [7, 11) is 2.95. The fourth-order valence-electron chi connectivity index (χ4n) is 11.1. The molecule has 6 aliphatic heterocycles. The van der Waals surface area contributed by atoms with Crippen LogP contribution in [0.5, 0.6) is 17.2 Å². The summed E-state index contributed by atoms with van der Waals surface area (Å²) in [6, 6.07) is 0. The summed E-state index contributed by atoms with van der Waals surface area (Å²) in [4.78, 5) is 77.2. The highest BCUT2D eigenvalue weighted by molar-refractivity contribution is 6.19. The number of carbonyl (C=O) groups excluding carboxylic acids is 4. The van der Waals surface area contributed by atoms with E-state index in [2.05, 4.69) is 46.8 Å². The van der Waals surface area contributed by atoms with Crippen molar-refractivity contribution in [3.63, 3.8) is 0 Å². The Labute approximate surface area is 452 Å². The minimum atomic E-state index is -1.92. The van der Waals surface area contributed by atoms with E-state index in [4.69, 9.17) is 29.3 Å². The van der Waals surface area contributed by atoms with Crippen LogP contribution >= 0.6 is 0 Å². The number of ketones is 1. The molecule has 1 aromatic heterocycles. The van der Waals surface area contributed by atoms with Gasteiger partial charge in [-0.15, -0.1) is 12.8 Å². The number of hydrogen-bond donors (Lipinski definition) is 5. The van der Waals surface area contributed by atoms with Crippen LogP contribution in [0.1, 0.15) is 109 Å². The zero-order chi connectivity index (χ0) is 56.7. The molecular weight excluding hydrogens is 985 g/mol. The normalized spacial score (nSPS) is 27.3. The second-order valence-corrected chi connectivity index (χ2v) is 21.8. The number of aromatic nitrogens is 2. The first-order valence-corrected chi connectivity index (χ1v) is 26.7. The molecule has 0 radical (unpaired) electrons. The van der Waals surface area contributed by atoms with Crippen LogP contribution in [0.2, 0.25) is 0 Å². The highest BCUT2D eigenvalue weighted by atomic mass is 16.7. The SMILES string of the molecule is C#C.C/C1=C/C=C/C(C)C[C@@H](C)C(O)[C@@H](C)C(OC(=O)CC(=O)N2CCN(Cc3nccn3C)CC2)[C@H](C)C/C=C/OC2(C)Oc3c(C)c(O)c4c(O)c(c5c(c4c3C2=O)=NC2(CCN(CC(C)C)CC2)N=5)NC1=O.CO. The molecule has 0 saturated carbocycles. The minimum absolute atomic E-state index is 0.0202. The summed E-state index contributed by atoms with van der Waals surface area (Å²) in [5.41, 5.74) is -0.416. The molecule has 4 unspecified atom stereocenters. The van der Waals surface area contributed by atoms with Gasteiger partial charge < -0.3 is 54.3 Å². The highest BCUT2D eigenvalue weighted by Crippen LogP contribution is 2.50. The molecule has 77 heavy (non-hydrogen) atoms. The number of piperazine rings is 1. The number of aryl methyl sites for hydroxylation is 1. The van der Waals surface area contributed by atoms with E-state index in [9.17, 15) is 34.5 Å². The van der Waals surface area contributed by atoms with Gasteiger partial charge in [0.2, 0.25) is 5.91 Å². The number of aliphatic hydroxyl groups excluding tert-OH is 2. The van der Waals surface area contributed by atoms with Crippen molar-refractivity contribution in [3.8, 4) is 30.1 Å². The van der Waals surface area contributed by atoms with Crippen LogP contribution in [0.25, 0.3) is 10.8 Å². The second kappa shape index (κ2) is 25.3. The Kier molecular flexibility index (Phi) is 19.6. The molecule has 0 aliphatic carbocycles. The Morgan fingerprint density at radius 2 is 1.60 bits per heavy atom. The van der Waals surface area contributed by atoms with Crippen LogP contribution in [0.15, 0.2) is 58.5 Å². The lowest BCUT2D eigenvalue weighted by atomic mass is 9.80. The number of anilines is 1. The number of carbonyl (C=O) groups is 4. The van der Waals surface area contributed by atoms with Gasteiger partial charge in [0.05, 0.1) is 35.2 Å². The van der Waals surface area contributed by atoms with Crippen LogP contribution in [-0.2, 0) is 37.4 Å². The predicted molar refractivity (Wildman–Crippen MR) is 292 cm³/mol. The van der Waals surface area contributed by atoms with Gasteiger partial charge in [0.25, 0.3) is 11.7 Å². The minimum Gasteiger partial charge on any atom is -0.507 e. The monoisotopic (exact) mass is 1060 g/mol. The van der Waals surface area contributed by atoms with E-state index in [1.165, 1.54) is 13.2 Å². The Hall–Kier alpha value is -6.59. The summed E-state index contributed by atoms with van der Waals surface area (Å²) >= 11 is 0. The number of terminal acetylenes is 1. The molecular formula is C58H80N8O11. The Bertz CT molecular complexity index is 2910. The fourth-order valence-corrected chi connectivity index (χ4v) is 11.1. The number of esters is 1. The number of phenolic OH excluding ortho intramolecular Hbond substituents is 2. The van der Waals surface area contributed by atoms with E-state index >= 15 is 0 Å². The number of imidazole rings is 1. The summed E-state index contributed by atoms with van der Waals surface area (Å²) in [5.74, 6) is -4.64. The number of aromatic hydroxyl groups is 2. The molecule has 6 aliphatic rings. The molecule has 2 saturated heterocycles. The average molecular weight is 1070 g/mol. The van der Waals surface area contributed by atoms with Crippen LogP contribution in [0.3, 0.4) is 0 Å². The summed E-state index contributed by atoms with van der Waals surface area (Å²) < 4.78 is 20.7. The number of nitrogens with zero attached hydrogens (tertiary/aromatic N) is 7. The first kappa shape index (κ1) is 59.7. The standard InChI is InChI=1S/C55H74N8O10.C2H2.CH4O/c1-31(2)29-61-19-16-55(17-20-61)58-44-41-42-48(67)37(8)51-43(41)52(69)54(9,73-51)71-26-12-15-33(4)50(72-40(65)28-39(64)63-24-22-62(23-25-63)30-38-56-18-21-60(38)10)36(7)47(66)35(6)27-32(3)13-11-14-34(5)53(70)57-46(49(42)68)45(44)59-55;2*1-2/h11-14,18,21,26,31-33,35-36,47,50,66-68H,15-17,19-20,22-25,27-30H2,1-10H3,(H,57,70);1-2H;2H,1H3/b13-11+,26-12+,34-14-;;/t32?,33-,35-,36-,47?,50?,54?;;/m1../s1. The third-order valence-electron chi connectivity index (χ3n) is 15.5. The van der Waals surface area contributed by atoms with E-state index in [0.717, 1.165) is 19.5 Å². The molecule has 7 atom stereocenters. The van der Waals surface area contributed by atoms with Gasteiger partial charge in [-0.3, -0.25) is 34.1 Å². The zero-order valence-electron chi connectivity index (χ0n) is 46.7. The van der Waals surface area contributed by atoms with E-state index < -0.39 is 65.3 Å². The molecule has 19 nitrogen and oxygen atoms in total. The maximum absolute atomic E-state index is 14.9. The van der Waals surface area contributed by atoms with Gasteiger partial charge in [-0.2, -0.15) is 0 Å². The predicted octanol–water partition coefficient (Wildman–Crippen LogP) is 5.46. The topological polar surface area (TPSA) is 241 Å². The maximum atomic E-state index is 14.9. The Morgan fingerprint density at radius 1 is 0.935 bits per heavy atom. The van der Waals surface area contributed by atoms with Gasteiger partial charge in [0.15, 0.2) is 11.4 Å². The third-order valence-corrected chi connectivity index (χ3v) is 15.5. The summed E-state index contributed by atoms with van der Waals surface area (Å²) in [5, 5.41) is 46.4. The van der Waals surface area contributed by atoms with E-state index in [1.807, 2.05) is 51.6 Å². The number of likely N-dealkylation sites (tertiary alicyclic amines) is 1. The van der Waals surface area contributed by atoms with Crippen molar-refractivity contribution >= 4 is 40.0 Å². The maximum Gasteiger partial charge on any atom is 0.315 e. The van der Waals surface area contributed by atoms with Crippen LogP contribution in [0, 0.1) is 49.4 Å². The average Bonchev–Trinajstić information content (AvgIpc) is 4.14. The number of hydrogen-bond acceptors (Lipinski definition) is 16. The largest absolute Gasteiger partial charge is 0.507 e. The quantitative estimate of drug-likeness (QED) is 0.0855. The van der Waals surface area contributed by atoms with Gasteiger partial charge in [0.1, 0.15) is 40.9 Å². The van der Waals surface area contributed by atoms with Crippen molar-refractivity contribution in [2.24, 2.45) is 46.6 Å². The molecule has 19 heteroatoms. The molecule has 9 rings (SSSR count). The van der Waals surface area contributed by atoms with Crippen molar-refractivity contribution in [3.05, 3.63) is 76.2 Å². The van der Waals surface area contributed by atoms with Gasteiger partial charge in [0, 0.05) is 115 Å². The van der Waals surface area contributed by atoms with E-state index in [-0.39, 0.29) is 74.0 Å². The number of benzene rings is 2. The number of Topliss-reactive ketones (excluding diaryl/α,β-unsaturated/α-hetero) is 1. The van der Waals surface area contributed by atoms with Crippen molar-refractivity contribution in [2.75, 3.05) is 58.2 Å². The number of ether oxygens (including phenoxy) is 3. The lowest BCUT2D eigenvalue weighted by molar-refractivity contribution is -0.161. The summed E-state index contributed by atoms with van der Waals surface area (Å²) in [6.07, 6.45) is 19.9. The van der Waals surface area contributed by atoms with Crippen molar-refractivity contribution in [1.29, 1.82) is 0 Å². The van der Waals surface area contributed by atoms with Crippen molar-refractivity contribution in [2.45, 2.75) is 125 Å². The molecule has 418 valence electrons. The first-order chi connectivity index (χ1) is 36.6. The van der Waals surface area contributed by atoms with Gasteiger partial charge in [-0.25, -0.2) is 4.98 Å². The van der Waals surface area contributed by atoms with Crippen LogP contribution in [0.4, 0.5) is 5.69 Å². The highest BCUT2D eigenvalue weighted by Gasteiger charge is 2.50. The van der Waals surface area contributed by atoms with Crippen LogP contribution < -0.4 is 20.8 Å². The molecule has 5 N–H and O–H groups in total. The van der Waals surface area contributed by atoms with E-state index in [0.29, 0.717) is 76.6 Å². The van der Waals surface area contributed by atoms with Crippen molar-refractivity contribution in [1.82, 2.24) is 24.3 Å². The molecule has 5 bridgehead atoms. The second-order valence-electron chi connectivity index (χ2n) is 21.8. The molecule has 2 fully saturated rings. The lowest BCUT2D eigenvalue weighted by Gasteiger charge is -2.36. The summed E-state index contributed by atoms with van der Waals surface area (Å²) in [6.45, 7) is 21.9. The Morgan fingerprint density at radius 3 is 2.23 bits per heavy atom. The Balaban J connectivity index is 0.00000235. The lowest BCUT2D eigenvalue weighted by Crippen LogP contribution is -2.49. The fraction of sp³-hybridized carbons (Fsp3) is 0.569. The number of rotatable bonds is 7. The molecule has 2 amide bonds. The van der Waals surface area contributed by atoms with E-state index in [1.54, 1.807) is 43.2 Å². The number of fused-ring (bicyclic) bond motifs is 13. The number of aliphatic hydroxyl groups is 2.